The van der Waals surface area contributed by atoms with Gasteiger partial charge in [0, 0.05) is 29.4 Å². The fourth-order valence-corrected chi connectivity index (χ4v) is 4.10. The van der Waals surface area contributed by atoms with Crippen LogP contribution in [0.5, 0.6) is 0 Å². The van der Waals surface area contributed by atoms with E-state index in [1.165, 1.54) is 11.3 Å². The average Bonchev–Trinajstić information content (AvgIpc) is 3.09. The number of nitrogens with one attached hydrogen (secondary N) is 2. The molecule has 0 unspecified atom stereocenters. The lowest BCUT2D eigenvalue weighted by atomic mass is 9.93. The molecule has 1 fully saturated rings. The molecule has 3 aromatic rings. The van der Waals surface area contributed by atoms with Gasteiger partial charge in [0.2, 0.25) is 0 Å². The summed E-state index contributed by atoms with van der Waals surface area (Å²) in [6.45, 7) is 0. The zero-order valence-electron chi connectivity index (χ0n) is 13.9. The normalized spacial score (nSPS) is 20.2. The number of fused-ring (bicyclic) bond motifs is 1. The van der Waals surface area contributed by atoms with Crippen molar-refractivity contribution in [1.82, 2.24) is 20.3 Å². The van der Waals surface area contributed by atoms with Gasteiger partial charge in [0.1, 0.15) is 16.2 Å². The molecule has 0 saturated heterocycles. The van der Waals surface area contributed by atoms with Crippen LogP contribution in [0.1, 0.15) is 35.4 Å². The molecule has 0 atom stereocenters. The number of thiophene rings is 1. The van der Waals surface area contributed by atoms with Gasteiger partial charge in [-0.05, 0) is 37.8 Å². The lowest BCUT2D eigenvalue weighted by molar-refractivity contribution is 0.0872. The summed E-state index contributed by atoms with van der Waals surface area (Å²) in [5.74, 6) is 0.198. The molecule has 1 amide bonds. The predicted molar refractivity (Wildman–Crippen MR) is 99.2 cm³/mol. The number of carbonyl (C=O) groups excluding carboxylic acids is 1. The average molecular weight is 370 g/mol. The van der Waals surface area contributed by atoms with E-state index >= 15 is 0 Å². The van der Waals surface area contributed by atoms with E-state index in [4.69, 9.17) is 0 Å². The second-order valence-corrected chi connectivity index (χ2v) is 7.34. The molecule has 3 N–H and O–H groups in total. The molecule has 0 aromatic carbocycles. The summed E-state index contributed by atoms with van der Waals surface area (Å²) >= 11 is 1.22. The van der Waals surface area contributed by atoms with Gasteiger partial charge in [-0.1, -0.05) is 0 Å². The smallest absolute Gasteiger partial charge is 0.263 e. The first-order valence-corrected chi connectivity index (χ1v) is 9.40. The number of rotatable bonds is 3. The van der Waals surface area contributed by atoms with Gasteiger partial charge in [0.05, 0.1) is 11.5 Å². The zero-order valence-corrected chi connectivity index (χ0v) is 14.8. The minimum atomic E-state index is -0.270. The second-order valence-electron chi connectivity index (χ2n) is 6.46. The number of aromatic amines is 1. The standard InChI is InChI=1S/C18H18N4O3S/c23-12-3-1-11(2-4-12)20-18(25)15-14-13(9-26-15)17(24)22-16(21-14)10-5-7-19-8-6-10/h5-9,11-12,23H,1-4H2,(H,20,25)(H,21,22,24)/t11-,12-. The number of hydrogen-bond donors (Lipinski definition) is 3. The van der Waals surface area contributed by atoms with Crippen molar-refractivity contribution in [2.45, 2.75) is 37.8 Å². The molecule has 7 nitrogen and oxygen atoms in total. The van der Waals surface area contributed by atoms with Crippen molar-refractivity contribution in [3.8, 4) is 11.4 Å². The Bertz CT molecular complexity index is 991. The molecule has 3 heterocycles. The van der Waals surface area contributed by atoms with Crippen molar-refractivity contribution in [1.29, 1.82) is 0 Å². The number of aromatic nitrogens is 3. The summed E-state index contributed by atoms with van der Waals surface area (Å²) in [5, 5.41) is 14.7. The fraction of sp³-hybridized carbons (Fsp3) is 0.333. The number of H-pyrrole nitrogens is 1. The Morgan fingerprint density at radius 3 is 2.69 bits per heavy atom. The van der Waals surface area contributed by atoms with E-state index in [2.05, 4.69) is 20.3 Å². The Hall–Kier alpha value is -2.58. The number of nitrogens with zero attached hydrogens (tertiary/aromatic N) is 2. The van der Waals surface area contributed by atoms with E-state index in [0.717, 1.165) is 18.4 Å². The highest BCUT2D eigenvalue weighted by Gasteiger charge is 2.23. The fourth-order valence-electron chi connectivity index (χ4n) is 3.22. The molecule has 1 aliphatic rings. The van der Waals surface area contributed by atoms with E-state index < -0.39 is 0 Å². The van der Waals surface area contributed by atoms with Crippen molar-refractivity contribution in [3.63, 3.8) is 0 Å². The minimum Gasteiger partial charge on any atom is -0.393 e. The molecule has 1 saturated carbocycles. The Labute approximate surface area is 153 Å². The molecule has 0 aliphatic heterocycles. The van der Waals surface area contributed by atoms with Crippen molar-refractivity contribution in [2.75, 3.05) is 0 Å². The Morgan fingerprint density at radius 2 is 1.96 bits per heavy atom. The Balaban J connectivity index is 1.66. The van der Waals surface area contributed by atoms with Crippen LogP contribution < -0.4 is 10.9 Å². The summed E-state index contributed by atoms with van der Waals surface area (Å²) in [6, 6.07) is 3.55. The molecule has 1 aliphatic carbocycles. The van der Waals surface area contributed by atoms with Crippen LogP contribution in [0.25, 0.3) is 22.3 Å². The van der Waals surface area contributed by atoms with Crippen molar-refractivity contribution in [3.05, 3.63) is 45.1 Å². The molecule has 0 spiro atoms. The molecule has 0 bridgehead atoms. The van der Waals surface area contributed by atoms with Crippen LogP contribution in [-0.2, 0) is 0 Å². The lowest BCUT2D eigenvalue weighted by Gasteiger charge is -2.25. The predicted octanol–water partition coefficient (Wildman–Crippen LogP) is 2.08. The van der Waals surface area contributed by atoms with Gasteiger partial charge < -0.3 is 15.4 Å². The van der Waals surface area contributed by atoms with Crippen LogP contribution in [0.15, 0.2) is 34.7 Å². The first kappa shape index (κ1) is 16.9. The summed E-state index contributed by atoms with van der Waals surface area (Å²) < 4.78 is 0. The third kappa shape index (κ3) is 3.25. The molecule has 0 radical (unpaired) electrons. The third-order valence-corrected chi connectivity index (χ3v) is 5.62. The maximum atomic E-state index is 12.7. The molecular weight excluding hydrogens is 352 g/mol. The quantitative estimate of drug-likeness (QED) is 0.654. The molecule has 4 rings (SSSR count). The monoisotopic (exact) mass is 370 g/mol. The van der Waals surface area contributed by atoms with Crippen LogP contribution in [0.4, 0.5) is 0 Å². The van der Waals surface area contributed by atoms with Gasteiger partial charge in [-0.15, -0.1) is 11.3 Å². The lowest BCUT2D eigenvalue weighted by Crippen LogP contribution is -2.38. The molecule has 26 heavy (non-hydrogen) atoms. The summed E-state index contributed by atoms with van der Waals surface area (Å²) in [5.41, 5.74) is 0.884. The highest BCUT2D eigenvalue weighted by molar-refractivity contribution is 7.13. The summed E-state index contributed by atoms with van der Waals surface area (Å²) in [6.07, 6.45) is 5.88. The SMILES string of the molecule is O=C(N[C@H]1CC[C@H](O)CC1)c1scc2c(=O)[nH]c(-c3ccncc3)nc12. The number of carbonyl (C=O) groups is 1. The van der Waals surface area contributed by atoms with Crippen LogP contribution >= 0.6 is 11.3 Å². The summed E-state index contributed by atoms with van der Waals surface area (Å²) in [7, 11) is 0. The van der Waals surface area contributed by atoms with E-state index in [1.807, 2.05) is 0 Å². The third-order valence-electron chi connectivity index (χ3n) is 4.66. The number of amides is 1. The van der Waals surface area contributed by atoms with Crippen molar-refractivity contribution < 1.29 is 9.90 Å². The number of aliphatic hydroxyl groups is 1. The Kier molecular flexibility index (Phi) is 4.52. The summed E-state index contributed by atoms with van der Waals surface area (Å²) in [4.78, 5) is 36.8. The van der Waals surface area contributed by atoms with Crippen molar-refractivity contribution in [2.24, 2.45) is 0 Å². The first-order chi connectivity index (χ1) is 12.6. The number of hydrogen-bond acceptors (Lipinski definition) is 6. The maximum absolute atomic E-state index is 12.7. The highest BCUT2D eigenvalue weighted by atomic mass is 32.1. The largest absolute Gasteiger partial charge is 0.393 e. The highest BCUT2D eigenvalue weighted by Crippen LogP contribution is 2.25. The molecule has 3 aromatic heterocycles. The van der Waals surface area contributed by atoms with E-state index in [9.17, 15) is 14.7 Å². The van der Waals surface area contributed by atoms with Gasteiger partial charge >= 0.3 is 0 Å². The van der Waals surface area contributed by atoms with Gasteiger partial charge in [-0.3, -0.25) is 14.6 Å². The minimum absolute atomic E-state index is 0.0460. The van der Waals surface area contributed by atoms with E-state index in [-0.39, 0.29) is 23.6 Å². The molecular formula is C18H18N4O3S. The number of pyridine rings is 1. The zero-order chi connectivity index (χ0) is 18.1. The second kappa shape index (κ2) is 6.97. The topological polar surface area (TPSA) is 108 Å². The van der Waals surface area contributed by atoms with Crippen LogP contribution in [0.3, 0.4) is 0 Å². The van der Waals surface area contributed by atoms with Gasteiger partial charge in [0.25, 0.3) is 11.5 Å². The maximum Gasteiger partial charge on any atom is 0.263 e. The van der Waals surface area contributed by atoms with Crippen LogP contribution in [0.2, 0.25) is 0 Å². The van der Waals surface area contributed by atoms with Crippen molar-refractivity contribution >= 4 is 28.1 Å². The van der Waals surface area contributed by atoms with Crippen LogP contribution in [-0.4, -0.2) is 38.1 Å². The van der Waals surface area contributed by atoms with Gasteiger partial charge in [-0.25, -0.2) is 4.98 Å². The van der Waals surface area contributed by atoms with E-state index in [0.29, 0.717) is 34.4 Å². The first-order valence-electron chi connectivity index (χ1n) is 8.52. The van der Waals surface area contributed by atoms with Crippen LogP contribution in [0, 0.1) is 0 Å². The molecule has 8 heteroatoms. The molecule has 134 valence electrons. The Morgan fingerprint density at radius 1 is 1.23 bits per heavy atom. The van der Waals surface area contributed by atoms with E-state index in [1.54, 1.807) is 29.9 Å². The number of aliphatic hydroxyl groups excluding tert-OH is 1. The van der Waals surface area contributed by atoms with Gasteiger partial charge in [0.15, 0.2) is 0 Å². The van der Waals surface area contributed by atoms with Gasteiger partial charge in [-0.2, -0.15) is 0 Å².